The number of phenolic OH excluding ortho intramolecular Hbond substituents is 1. The molecule has 1 aromatic carbocycles. The molecular formula is C12H15BrO2. The number of hydrogen-bond acceptors (Lipinski definition) is 2. The monoisotopic (exact) mass is 270 g/mol. The van der Waals surface area contributed by atoms with Gasteiger partial charge in [-0.05, 0) is 46.8 Å². The van der Waals surface area contributed by atoms with E-state index in [1.807, 2.05) is 6.07 Å². The maximum atomic E-state index is 9.55. The van der Waals surface area contributed by atoms with Gasteiger partial charge < -0.3 is 9.84 Å². The summed E-state index contributed by atoms with van der Waals surface area (Å²) in [5.74, 6) is 1.73. The first-order valence-corrected chi connectivity index (χ1v) is 6.06. The van der Waals surface area contributed by atoms with Crippen molar-refractivity contribution in [1.29, 1.82) is 0 Å². The third-order valence-electron chi connectivity index (χ3n) is 2.88. The van der Waals surface area contributed by atoms with Gasteiger partial charge in [0.05, 0.1) is 4.47 Å². The van der Waals surface area contributed by atoms with Crippen molar-refractivity contribution in [3.05, 3.63) is 22.2 Å². The number of halogens is 1. The minimum atomic E-state index is 0.292. The fourth-order valence-corrected chi connectivity index (χ4v) is 2.44. The zero-order valence-electron chi connectivity index (χ0n) is 8.96. The summed E-state index contributed by atoms with van der Waals surface area (Å²) in [7, 11) is 0. The maximum Gasteiger partial charge on any atom is 0.130 e. The summed E-state index contributed by atoms with van der Waals surface area (Å²) >= 11 is 3.39. The molecule has 0 amide bonds. The van der Waals surface area contributed by atoms with Gasteiger partial charge in [0, 0.05) is 5.56 Å². The molecule has 0 bridgehead atoms. The molecule has 15 heavy (non-hydrogen) atoms. The Labute approximate surface area is 98.4 Å². The third-order valence-corrected chi connectivity index (χ3v) is 3.77. The summed E-state index contributed by atoms with van der Waals surface area (Å²) < 4.78 is 6.67. The highest BCUT2D eigenvalue weighted by Gasteiger charge is 2.24. The van der Waals surface area contributed by atoms with Crippen LogP contribution in [0.4, 0.5) is 0 Å². The lowest BCUT2D eigenvalue weighted by molar-refractivity contribution is 0.126. The number of phenols is 1. The Hall–Kier alpha value is -0.700. The Morgan fingerprint density at radius 1 is 1.47 bits per heavy atom. The second-order valence-corrected chi connectivity index (χ2v) is 5.11. The molecule has 82 valence electrons. The van der Waals surface area contributed by atoms with Crippen molar-refractivity contribution >= 4 is 15.9 Å². The SMILES string of the molecule is CC(C)C1CCc2c(ccc(O)c2Br)O1. The molecule has 2 rings (SSSR count). The Morgan fingerprint density at radius 2 is 2.20 bits per heavy atom. The number of aromatic hydroxyl groups is 1. The van der Waals surface area contributed by atoms with E-state index < -0.39 is 0 Å². The highest BCUT2D eigenvalue weighted by Crippen LogP contribution is 2.39. The zero-order chi connectivity index (χ0) is 11.0. The van der Waals surface area contributed by atoms with Crippen LogP contribution in [0.1, 0.15) is 25.8 Å². The lowest BCUT2D eigenvalue weighted by Gasteiger charge is -2.29. The highest BCUT2D eigenvalue weighted by atomic mass is 79.9. The molecule has 1 unspecified atom stereocenters. The van der Waals surface area contributed by atoms with E-state index in [1.165, 1.54) is 0 Å². The zero-order valence-corrected chi connectivity index (χ0v) is 10.5. The van der Waals surface area contributed by atoms with Gasteiger partial charge in [0.25, 0.3) is 0 Å². The molecule has 0 saturated heterocycles. The van der Waals surface area contributed by atoms with Crippen LogP contribution in [0.2, 0.25) is 0 Å². The lowest BCUT2D eigenvalue weighted by atomic mass is 9.95. The van der Waals surface area contributed by atoms with Gasteiger partial charge in [-0.15, -0.1) is 0 Å². The summed E-state index contributed by atoms with van der Waals surface area (Å²) in [4.78, 5) is 0. The standard InChI is InChI=1S/C12H15BrO2/c1-7(2)10-5-3-8-11(15-10)6-4-9(14)12(8)13/h4,6-7,10,14H,3,5H2,1-2H3. The lowest BCUT2D eigenvalue weighted by Crippen LogP contribution is -2.27. The van der Waals surface area contributed by atoms with Crippen molar-refractivity contribution in [2.45, 2.75) is 32.8 Å². The normalized spacial score (nSPS) is 19.9. The van der Waals surface area contributed by atoms with E-state index in [4.69, 9.17) is 4.74 Å². The van der Waals surface area contributed by atoms with Crippen LogP contribution < -0.4 is 4.74 Å². The summed E-state index contributed by atoms with van der Waals surface area (Å²) in [5, 5.41) is 9.55. The molecule has 1 aromatic rings. The second-order valence-electron chi connectivity index (χ2n) is 4.31. The minimum absolute atomic E-state index is 0.292. The molecule has 3 heteroatoms. The molecule has 0 aromatic heterocycles. The van der Waals surface area contributed by atoms with Gasteiger partial charge in [-0.25, -0.2) is 0 Å². The highest BCUT2D eigenvalue weighted by molar-refractivity contribution is 9.10. The first-order valence-electron chi connectivity index (χ1n) is 5.26. The Balaban J connectivity index is 2.32. The van der Waals surface area contributed by atoms with E-state index >= 15 is 0 Å². The predicted molar refractivity (Wildman–Crippen MR) is 63.4 cm³/mol. The molecule has 0 fully saturated rings. The molecule has 0 aliphatic carbocycles. The predicted octanol–water partition coefficient (Wildman–Crippen LogP) is 3.50. The van der Waals surface area contributed by atoms with Gasteiger partial charge >= 0.3 is 0 Å². The van der Waals surface area contributed by atoms with Crippen molar-refractivity contribution in [2.75, 3.05) is 0 Å². The van der Waals surface area contributed by atoms with Crippen LogP contribution in [0.25, 0.3) is 0 Å². The first kappa shape index (κ1) is 10.8. The van der Waals surface area contributed by atoms with Crippen LogP contribution in [0.5, 0.6) is 11.5 Å². The van der Waals surface area contributed by atoms with E-state index in [1.54, 1.807) is 6.07 Å². The number of hydrogen-bond donors (Lipinski definition) is 1. The molecule has 1 heterocycles. The molecule has 1 aliphatic heterocycles. The molecule has 2 nitrogen and oxygen atoms in total. The number of fused-ring (bicyclic) bond motifs is 1. The van der Waals surface area contributed by atoms with Gasteiger partial charge in [-0.2, -0.15) is 0 Å². The van der Waals surface area contributed by atoms with Gasteiger partial charge in [0.2, 0.25) is 0 Å². The average molecular weight is 271 g/mol. The summed E-state index contributed by atoms with van der Waals surface area (Å²) in [6.45, 7) is 4.34. The molecule has 0 spiro atoms. The number of ether oxygens (including phenoxy) is 1. The fraction of sp³-hybridized carbons (Fsp3) is 0.500. The van der Waals surface area contributed by atoms with Crippen molar-refractivity contribution in [1.82, 2.24) is 0 Å². The Kier molecular flexibility index (Phi) is 2.91. The van der Waals surface area contributed by atoms with Crippen LogP contribution in [0.3, 0.4) is 0 Å². The van der Waals surface area contributed by atoms with E-state index in [2.05, 4.69) is 29.8 Å². The fourth-order valence-electron chi connectivity index (χ4n) is 1.91. The minimum Gasteiger partial charge on any atom is -0.507 e. The van der Waals surface area contributed by atoms with Crippen LogP contribution in [0, 0.1) is 5.92 Å². The quantitative estimate of drug-likeness (QED) is 0.847. The van der Waals surface area contributed by atoms with Crippen LogP contribution in [-0.2, 0) is 6.42 Å². The third kappa shape index (κ3) is 1.98. The largest absolute Gasteiger partial charge is 0.507 e. The maximum absolute atomic E-state index is 9.55. The average Bonchev–Trinajstić information content (AvgIpc) is 2.23. The van der Waals surface area contributed by atoms with E-state index in [-0.39, 0.29) is 0 Å². The molecule has 0 radical (unpaired) electrons. The van der Waals surface area contributed by atoms with Crippen LogP contribution >= 0.6 is 15.9 Å². The number of benzene rings is 1. The van der Waals surface area contributed by atoms with Crippen molar-refractivity contribution in [2.24, 2.45) is 5.92 Å². The Morgan fingerprint density at radius 3 is 2.87 bits per heavy atom. The smallest absolute Gasteiger partial charge is 0.130 e. The van der Waals surface area contributed by atoms with E-state index in [9.17, 15) is 5.11 Å². The second kappa shape index (κ2) is 4.05. The van der Waals surface area contributed by atoms with Gasteiger partial charge in [-0.3, -0.25) is 0 Å². The summed E-state index contributed by atoms with van der Waals surface area (Å²) in [5.41, 5.74) is 1.09. The van der Waals surface area contributed by atoms with E-state index in [0.717, 1.165) is 28.6 Å². The Bertz CT molecular complexity index is 374. The van der Waals surface area contributed by atoms with Gasteiger partial charge in [-0.1, -0.05) is 13.8 Å². The van der Waals surface area contributed by atoms with Crippen molar-refractivity contribution < 1.29 is 9.84 Å². The van der Waals surface area contributed by atoms with Gasteiger partial charge in [0.15, 0.2) is 0 Å². The van der Waals surface area contributed by atoms with Crippen molar-refractivity contribution in [3.63, 3.8) is 0 Å². The van der Waals surface area contributed by atoms with Gasteiger partial charge in [0.1, 0.15) is 17.6 Å². The molecule has 0 saturated carbocycles. The molecule has 1 aliphatic rings. The summed E-state index contributed by atoms with van der Waals surface area (Å²) in [6, 6.07) is 3.52. The molecular weight excluding hydrogens is 256 g/mol. The summed E-state index contributed by atoms with van der Waals surface area (Å²) in [6.07, 6.45) is 2.29. The van der Waals surface area contributed by atoms with Crippen LogP contribution in [0.15, 0.2) is 16.6 Å². The molecule has 1 atom stereocenters. The first-order chi connectivity index (χ1) is 7.09. The topological polar surface area (TPSA) is 29.5 Å². The van der Waals surface area contributed by atoms with E-state index in [0.29, 0.717) is 17.8 Å². The molecule has 1 N–H and O–H groups in total. The number of rotatable bonds is 1. The van der Waals surface area contributed by atoms with Crippen LogP contribution in [-0.4, -0.2) is 11.2 Å². The van der Waals surface area contributed by atoms with Crippen molar-refractivity contribution in [3.8, 4) is 11.5 Å².